The second-order valence-corrected chi connectivity index (χ2v) is 7.16. The first-order chi connectivity index (χ1) is 14.6. The quantitative estimate of drug-likeness (QED) is 0.442. The molecule has 2 aromatic carbocycles. The second-order valence-electron chi connectivity index (χ2n) is 6.24. The lowest BCUT2D eigenvalue weighted by Crippen LogP contribution is -2.42. The predicted octanol–water partition coefficient (Wildman–Crippen LogP) is 4.26. The molecule has 4 rings (SSSR count). The number of rotatable bonds is 4. The van der Waals surface area contributed by atoms with Gasteiger partial charge in [0.15, 0.2) is 0 Å². The van der Waals surface area contributed by atoms with Gasteiger partial charge >= 0.3 is 0 Å². The van der Waals surface area contributed by atoms with E-state index in [0.29, 0.717) is 17.1 Å². The summed E-state index contributed by atoms with van der Waals surface area (Å²) in [5, 5.41) is 0.925. The molecule has 0 radical (unpaired) electrons. The molecule has 2 aromatic heterocycles. The van der Waals surface area contributed by atoms with Crippen molar-refractivity contribution >= 4 is 38.6 Å². The summed E-state index contributed by atoms with van der Waals surface area (Å²) < 4.78 is 6.52. The number of fused-ring (bicyclic) bond motifs is 1. The van der Waals surface area contributed by atoms with E-state index in [1.54, 1.807) is 36.4 Å². The highest BCUT2D eigenvalue weighted by atomic mass is 79.9. The van der Waals surface area contributed by atoms with E-state index in [2.05, 4.69) is 36.7 Å². The van der Waals surface area contributed by atoms with Gasteiger partial charge in [-0.05, 0) is 36.4 Å². The van der Waals surface area contributed by atoms with E-state index in [4.69, 9.17) is 4.74 Å². The molecule has 2 N–H and O–H groups in total. The first-order valence-corrected chi connectivity index (χ1v) is 9.74. The van der Waals surface area contributed by atoms with Crippen LogP contribution in [0.3, 0.4) is 0 Å². The molecule has 0 aliphatic carbocycles. The van der Waals surface area contributed by atoms with Crippen molar-refractivity contribution in [2.75, 3.05) is 0 Å². The van der Waals surface area contributed by atoms with Crippen LogP contribution in [0.4, 0.5) is 0 Å². The molecule has 0 saturated heterocycles. The third-order valence-corrected chi connectivity index (χ3v) is 4.63. The normalized spacial score (nSPS) is 10.4. The number of hydrogen-bond donors (Lipinski definition) is 2. The van der Waals surface area contributed by atoms with Gasteiger partial charge in [0.2, 0.25) is 5.88 Å². The van der Waals surface area contributed by atoms with E-state index in [1.165, 1.54) is 6.20 Å². The molecule has 7 nitrogen and oxygen atoms in total. The average molecular weight is 463 g/mol. The van der Waals surface area contributed by atoms with Gasteiger partial charge in [-0.25, -0.2) is 9.97 Å². The van der Waals surface area contributed by atoms with Gasteiger partial charge in [-0.3, -0.25) is 20.4 Å². The van der Waals surface area contributed by atoms with Gasteiger partial charge < -0.3 is 4.74 Å². The number of carbonyl (C=O) groups excluding carboxylic acids is 2. The molecule has 0 aliphatic rings. The first kappa shape index (κ1) is 19.5. The van der Waals surface area contributed by atoms with Gasteiger partial charge in [-0.2, -0.15) is 0 Å². The molecule has 4 aromatic rings. The number of pyridine rings is 2. The lowest BCUT2D eigenvalue weighted by molar-refractivity contribution is 0.0844. The van der Waals surface area contributed by atoms with E-state index in [1.807, 2.05) is 36.4 Å². The van der Waals surface area contributed by atoms with Crippen LogP contribution in [0.1, 0.15) is 20.8 Å². The summed E-state index contributed by atoms with van der Waals surface area (Å²) in [5.74, 6) is -0.0689. The topological polar surface area (TPSA) is 93.2 Å². The molecule has 2 heterocycles. The summed E-state index contributed by atoms with van der Waals surface area (Å²) in [6.45, 7) is 0. The summed E-state index contributed by atoms with van der Waals surface area (Å²) in [6.07, 6.45) is 1.36. The highest BCUT2D eigenvalue weighted by molar-refractivity contribution is 9.10. The molecule has 0 spiro atoms. The van der Waals surface area contributed by atoms with Crippen molar-refractivity contribution in [1.29, 1.82) is 0 Å². The van der Waals surface area contributed by atoms with Crippen LogP contribution < -0.4 is 15.6 Å². The van der Waals surface area contributed by atoms with Crippen LogP contribution in [0.5, 0.6) is 11.6 Å². The van der Waals surface area contributed by atoms with E-state index >= 15 is 0 Å². The van der Waals surface area contributed by atoms with Crippen LogP contribution in [0.25, 0.3) is 10.9 Å². The second kappa shape index (κ2) is 8.71. The SMILES string of the molecule is O=C(NNC(=O)c1ccc2ccccc2n1)c1ccc(Oc2cccc(Br)c2)nc1. The summed E-state index contributed by atoms with van der Waals surface area (Å²) in [4.78, 5) is 33.0. The summed E-state index contributed by atoms with van der Waals surface area (Å²) in [7, 11) is 0. The van der Waals surface area contributed by atoms with Crippen LogP contribution in [0.15, 0.2) is 83.5 Å². The zero-order valence-corrected chi connectivity index (χ0v) is 17.1. The highest BCUT2D eigenvalue weighted by Crippen LogP contribution is 2.23. The van der Waals surface area contributed by atoms with E-state index in [-0.39, 0.29) is 11.3 Å². The number of halogens is 1. The summed E-state index contributed by atoms with van der Waals surface area (Å²) >= 11 is 3.37. The smallest absolute Gasteiger partial charge is 0.288 e. The number of para-hydroxylation sites is 1. The predicted molar refractivity (Wildman–Crippen MR) is 115 cm³/mol. The van der Waals surface area contributed by atoms with Crippen molar-refractivity contribution in [3.63, 3.8) is 0 Å². The Hall–Kier alpha value is -3.78. The number of benzene rings is 2. The number of amides is 2. The Labute approximate surface area is 180 Å². The number of nitrogens with zero attached hydrogens (tertiary/aromatic N) is 2. The van der Waals surface area contributed by atoms with Crippen molar-refractivity contribution in [3.05, 3.63) is 94.7 Å². The Balaban J connectivity index is 1.36. The molecule has 0 unspecified atom stereocenters. The molecular formula is C22H15BrN4O3. The Kier molecular flexibility index (Phi) is 5.67. The zero-order chi connectivity index (χ0) is 20.9. The van der Waals surface area contributed by atoms with Crippen molar-refractivity contribution in [2.24, 2.45) is 0 Å². The molecule has 0 aliphatic heterocycles. The molecule has 30 heavy (non-hydrogen) atoms. The highest BCUT2D eigenvalue weighted by Gasteiger charge is 2.11. The molecule has 8 heteroatoms. The standard InChI is InChI=1S/C22H15BrN4O3/c23-16-5-3-6-17(12-16)30-20-11-9-15(13-24-20)21(28)26-27-22(29)19-10-8-14-4-1-2-7-18(14)25-19/h1-13H,(H,26,28)(H,27,29). The molecule has 0 bridgehead atoms. The van der Waals surface area contributed by atoms with Crippen LogP contribution in [-0.2, 0) is 0 Å². The maximum atomic E-state index is 12.3. The van der Waals surface area contributed by atoms with Gasteiger partial charge in [-0.15, -0.1) is 0 Å². The number of hydrogen-bond acceptors (Lipinski definition) is 5. The number of ether oxygens (including phenoxy) is 1. The zero-order valence-electron chi connectivity index (χ0n) is 15.5. The Morgan fingerprint density at radius 1 is 0.867 bits per heavy atom. The summed E-state index contributed by atoms with van der Waals surface area (Å²) in [6, 6.07) is 21.3. The Bertz CT molecular complexity index is 1230. The van der Waals surface area contributed by atoms with Crippen LogP contribution >= 0.6 is 15.9 Å². The first-order valence-electron chi connectivity index (χ1n) is 8.94. The van der Waals surface area contributed by atoms with Crippen LogP contribution in [0.2, 0.25) is 0 Å². The minimum Gasteiger partial charge on any atom is -0.439 e. The number of aromatic nitrogens is 2. The number of hydrazine groups is 1. The largest absolute Gasteiger partial charge is 0.439 e. The van der Waals surface area contributed by atoms with Crippen molar-refractivity contribution < 1.29 is 14.3 Å². The van der Waals surface area contributed by atoms with Crippen molar-refractivity contribution in [3.8, 4) is 11.6 Å². The van der Waals surface area contributed by atoms with Gasteiger partial charge in [0, 0.05) is 22.1 Å². The van der Waals surface area contributed by atoms with E-state index in [0.717, 1.165) is 9.86 Å². The minimum atomic E-state index is -0.517. The molecule has 2 amide bonds. The van der Waals surface area contributed by atoms with Gasteiger partial charge in [0.1, 0.15) is 11.4 Å². The summed E-state index contributed by atoms with van der Waals surface area (Å²) in [5.41, 5.74) is 5.88. The third kappa shape index (κ3) is 4.61. The number of carbonyl (C=O) groups is 2. The molecule has 0 atom stereocenters. The monoisotopic (exact) mass is 462 g/mol. The van der Waals surface area contributed by atoms with E-state index in [9.17, 15) is 9.59 Å². The molecule has 0 fully saturated rings. The fraction of sp³-hybridized carbons (Fsp3) is 0. The average Bonchev–Trinajstić information content (AvgIpc) is 2.77. The Morgan fingerprint density at radius 3 is 2.50 bits per heavy atom. The maximum Gasteiger partial charge on any atom is 0.288 e. The molecule has 148 valence electrons. The van der Waals surface area contributed by atoms with Crippen molar-refractivity contribution in [2.45, 2.75) is 0 Å². The third-order valence-electron chi connectivity index (χ3n) is 4.14. The molecule has 0 saturated carbocycles. The van der Waals surface area contributed by atoms with Crippen molar-refractivity contribution in [1.82, 2.24) is 20.8 Å². The van der Waals surface area contributed by atoms with Crippen LogP contribution in [0, 0.1) is 0 Å². The molecular weight excluding hydrogens is 448 g/mol. The lowest BCUT2D eigenvalue weighted by Gasteiger charge is -2.08. The lowest BCUT2D eigenvalue weighted by atomic mass is 10.2. The van der Waals surface area contributed by atoms with Gasteiger partial charge in [0.25, 0.3) is 11.8 Å². The maximum absolute atomic E-state index is 12.3. The van der Waals surface area contributed by atoms with E-state index < -0.39 is 11.8 Å². The van der Waals surface area contributed by atoms with Crippen LogP contribution in [-0.4, -0.2) is 21.8 Å². The number of nitrogens with one attached hydrogen (secondary N) is 2. The minimum absolute atomic E-state index is 0.199. The fourth-order valence-corrected chi connectivity index (χ4v) is 3.05. The fourth-order valence-electron chi connectivity index (χ4n) is 2.67. The van der Waals surface area contributed by atoms with Gasteiger partial charge in [-0.1, -0.05) is 46.3 Å². The van der Waals surface area contributed by atoms with Gasteiger partial charge in [0.05, 0.1) is 11.1 Å². The Morgan fingerprint density at radius 2 is 1.70 bits per heavy atom.